The lowest BCUT2D eigenvalue weighted by atomic mass is 10.0. The van der Waals surface area contributed by atoms with Gasteiger partial charge in [0.1, 0.15) is 5.75 Å². The van der Waals surface area contributed by atoms with E-state index >= 15 is 0 Å². The van der Waals surface area contributed by atoms with Crippen LogP contribution in [0.2, 0.25) is 0 Å². The molecule has 0 unspecified atom stereocenters. The molecule has 158 valence electrons. The number of hydrogen-bond acceptors (Lipinski definition) is 5. The highest BCUT2D eigenvalue weighted by Crippen LogP contribution is 2.31. The molecule has 0 aliphatic heterocycles. The molecule has 31 heavy (non-hydrogen) atoms. The Morgan fingerprint density at radius 1 is 1.03 bits per heavy atom. The van der Waals surface area contributed by atoms with Crippen LogP contribution in [0, 0.1) is 0 Å². The number of benzene rings is 2. The van der Waals surface area contributed by atoms with E-state index in [4.69, 9.17) is 14.5 Å². The first-order valence-corrected chi connectivity index (χ1v) is 10.1. The minimum atomic E-state index is -0.170. The molecule has 2 heterocycles. The number of fused-ring (bicyclic) bond motifs is 1. The smallest absolute Gasteiger partial charge is 0.252 e. The van der Waals surface area contributed by atoms with E-state index in [0.29, 0.717) is 35.4 Å². The van der Waals surface area contributed by atoms with Crippen molar-refractivity contribution in [3.63, 3.8) is 0 Å². The van der Waals surface area contributed by atoms with Crippen molar-refractivity contribution in [1.82, 2.24) is 20.5 Å². The average Bonchev–Trinajstić information content (AvgIpc) is 3.26. The van der Waals surface area contributed by atoms with E-state index in [2.05, 4.69) is 15.5 Å². The topological polar surface area (TPSA) is 89.1 Å². The zero-order valence-electron chi connectivity index (χ0n) is 17.5. The Labute approximate surface area is 180 Å². The van der Waals surface area contributed by atoms with E-state index in [1.165, 1.54) is 0 Å². The van der Waals surface area contributed by atoms with Crippen LogP contribution in [0.25, 0.3) is 33.5 Å². The molecule has 0 saturated heterocycles. The maximum atomic E-state index is 13.1. The van der Waals surface area contributed by atoms with Crippen LogP contribution in [-0.4, -0.2) is 48.5 Å². The summed E-state index contributed by atoms with van der Waals surface area (Å²) >= 11 is 0. The molecule has 4 rings (SSSR count). The predicted molar refractivity (Wildman–Crippen MR) is 120 cm³/mol. The molecule has 0 radical (unpaired) electrons. The van der Waals surface area contributed by atoms with Gasteiger partial charge in [0.15, 0.2) is 5.65 Å². The number of nitrogens with zero attached hydrogens (tertiary/aromatic N) is 2. The average molecular weight is 416 g/mol. The molecule has 0 atom stereocenters. The summed E-state index contributed by atoms with van der Waals surface area (Å²) in [5.74, 6) is 0.587. The molecule has 2 aromatic carbocycles. The van der Waals surface area contributed by atoms with Crippen molar-refractivity contribution >= 4 is 16.9 Å². The number of hydrogen-bond donors (Lipinski definition) is 2. The number of methoxy groups -OCH3 is 2. The molecule has 4 aromatic rings. The summed E-state index contributed by atoms with van der Waals surface area (Å²) in [7, 11) is 3.27. The molecular formula is C24H24N4O3. The van der Waals surface area contributed by atoms with Gasteiger partial charge in [0, 0.05) is 31.4 Å². The maximum Gasteiger partial charge on any atom is 0.252 e. The van der Waals surface area contributed by atoms with Crippen molar-refractivity contribution in [2.24, 2.45) is 0 Å². The first kappa shape index (κ1) is 20.6. The summed E-state index contributed by atoms with van der Waals surface area (Å²) in [5, 5.41) is 11.2. The van der Waals surface area contributed by atoms with Gasteiger partial charge in [0.05, 0.1) is 29.4 Å². The van der Waals surface area contributed by atoms with Crippen LogP contribution in [0.1, 0.15) is 16.8 Å². The Bertz CT molecular complexity index is 1170. The summed E-state index contributed by atoms with van der Waals surface area (Å²) in [5.41, 5.74) is 4.28. The van der Waals surface area contributed by atoms with E-state index in [-0.39, 0.29) is 5.91 Å². The van der Waals surface area contributed by atoms with Gasteiger partial charge in [0.25, 0.3) is 5.91 Å². The fourth-order valence-corrected chi connectivity index (χ4v) is 3.44. The van der Waals surface area contributed by atoms with Gasteiger partial charge in [-0.15, -0.1) is 0 Å². The van der Waals surface area contributed by atoms with Crippen LogP contribution in [0.5, 0.6) is 5.75 Å². The van der Waals surface area contributed by atoms with E-state index in [1.807, 2.05) is 60.7 Å². The van der Waals surface area contributed by atoms with Crippen LogP contribution in [0.4, 0.5) is 0 Å². The highest BCUT2D eigenvalue weighted by Gasteiger charge is 2.20. The van der Waals surface area contributed by atoms with Gasteiger partial charge in [-0.2, -0.15) is 5.10 Å². The van der Waals surface area contributed by atoms with Crippen molar-refractivity contribution in [1.29, 1.82) is 0 Å². The highest BCUT2D eigenvalue weighted by molar-refractivity contribution is 6.10. The number of aromatic nitrogens is 3. The van der Waals surface area contributed by atoms with Crippen LogP contribution in [0.3, 0.4) is 0 Å². The van der Waals surface area contributed by atoms with E-state index in [1.54, 1.807) is 14.2 Å². The highest BCUT2D eigenvalue weighted by atomic mass is 16.5. The number of amides is 1. The lowest BCUT2D eigenvalue weighted by molar-refractivity contribution is 0.0950. The first-order valence-electron chi connectivity index (χ1n) is 10.1. The van der Waals surface area contributed by atoms with Gasteiger partial charge in [0.2, 0.25) is 0 Å². The maximum absolute atomic E-state index is 13.1. The Morgan fingerprint density at radius 3 is 2.52 bits per heavy atom. The van der Waals surface area contributed by atoms with Crippen molar-refractivity contribution in [3.8, 4) is 28.3 Å². The van der Waals surface area contributed by atoms with Gasteiger partial charge in [-0.05, 0) is 36.8 Å². The van der Waals surface area contributed by atoms with Crippen molar-refractivity contribution in [2.45, 2.75) is 6.42 Å². The molecule has 0 bridgehead atoms. The number of rotatable bonds is 8. The fraction of sp³-hybridized carbons (Fsp3) is 0.208. The summed E-state index contributed by atoms with van der Waals surface area (Å²) < 4.78 is 10.3. The van der Waals surface area contributed by atoms with Gasteiger partial charge >= 0.3 is 0 Å². The number of pyridine rings is 1. The Kier molecular flexibility index (Phi) is 6.24. The van der Waals surface area contributed by atoms with Crippen molar-refractivity contribution in [3.05, 3.63) is 66.2 Å². The fourth-order valence-electron chi connectivity index (χ4n) is 3.44. The molecule has 0 fully saturated rings. The second kappa shape index (κ2) is 9.40. The summed E-state index contributed by atoms with van der Waals surface area (Å²) in [4.78, 5) is 17.9. The third-order valence-corrected chi connectivity index (χ3v) is 5.03. The van der Waals surface area contributed by atoms with Crippen LogP contribution >= 0.6 is 0 Å². The van der Waals surface area contributed by atoms with Crippen LogP contribution in [0.15, 0.2) is 60.7 Å². The number of carbonyl (C=O) groups is 1. The lowest BCUT2D eigenvalue weighted by Crippen LogP contribution is -2.25. The third-order valence-electron chi connectivity index (χ3n) is 5.03. The molecule has 7 nitrogen and oxygen atoms in total. The van der Waals surface area contributed by atoms with Crippen LogP contribution < -0.4 is 10.1 Å². The SMILES string of the molecule is COCCCNC(=O)c1cc(-c2ccc(OC)cc2)nc2n[nH]c(-c3ccccc3)c12. The Hall–Kier alpha value is -3.71. The second-order valence-electron chi connectivity index (χ2n) is 7.05. The molecule has 1 amide bonds. The summed E-state index contributed by atoms with van der Waals surface area (Å²) in [6.45, 7) is 1.11. The number of ether oxygens (including phenoxy) is 2. The number of carbonyl (C=O) groups excluding carboxylic acids is 1. The van der Waals surface area contributed by atoms with Crippen molar-refractivity contribution in [2.75, 3.05) is 27.4 Å². The Balaban J connectivity index is 1.80. The first-order chi connectivity index (χ1) is 15.2. The molecule has 7 heteroatoms. The molecule has 2 N–H and O–H groups in total. The molecule has 0 aliphatic rings. The monoisotopic (exact) mass is 416 g/mol. The lowest BCUT2D eigenvalue weighted by Gasteiger charge is -2.10. The predicted octanol–water partition coefficient (Wildman–Crippen LogP) is 4.07. The van der Waals surface area contributed by atoms with E-state index in [0.717, 1.165) is 29.0 Å². The Morgan fingerprint density at radius 2 is 1.81 bits per heavy atom. The molecular weight excluding hydrogens is 392 g/mol. The molecule has 0 aliphatic carbocycles. The zero-order chi connectivity index (χ0) is 21.6. The van der Waals surface area contributed by atoms with Gasteiger partial charge in [-0.25, -0.2) is 4.98 Å². The number of aromatic amines is 1. The molecule has 0 spiro atoms. The van der Waals surface area contributed by atoms with E-state index < -0.39 is 0 Å². The number of nitrogens with one attached hydrogen (secondary N) is 2. The van der Waals surface area contributed by atoms with Crippen molar-refractivity contribution < 1.29 is 14.3 Å². The third kappa shape index (κ3) is 4.41. The zero-order valence-corrected chi connectivity index (χ0v) is 17.5. The van der Waals surface area contributed by atoms with E-state index in [9.17, 15) is 4.79 Å². The largest absolute Gasteiger partial charge is 0.497 e. The standard InChI is InChI=1S/C24H24N4O3/c1-30-14-6-13-25-24(29)19-15-20(16-9-11-18(31-2)12-10-16)26-23-21(19)22(27-28-23)17-7-4-3-5-8-17/h3-5,7-12,15H,6,13-14H2,1-2H3,(H,25,29)(H,26,27,28). The molecule has 2 aromatic heterocycles. The minimum absolute atomic E-state index is 0.170. The van der Waals surface area contributed by atoms with Gasteiger partial charge in [-0.3, -0.25) is 9.89 Å². The number of H-pyrrole nitrogens is 1. The van der Waals surface area contributed by atoms with Gasteiger partial charge < -0.3 is 14.8 Å². The quantitative estimate of drug-likeness (QED) is 0.423. The summed E-state index contributed by atoms with van der Waals surface area (Å²) in [6.07, 6.45) is 0.735. The second-order valence-corrected chi connectivity index (χ2v) is 7.05. The summed E-state index contributed by atoms with van der Waals surface area (Å²) in [6, 6.07) is 19.2. The normalized spacial score (nSPS) is 10.9. The van der Waals surface area contributed by atoms with Crippen LogP contribution in [-0.2, 0) is 4.74 Å². The van der Waals surface area contributed by atoms with Gasteiger partial charge in [-0.1, -0.05) is 30.3 Å². The minimum Gasteiger partial charge on any atom is -0.497 e. The molecule has 0 saturated carbocycles.